The van der Waals surface area contributed by atoms with Gasteiger partial charge in [-0.1, -0.05) is 26.0 Å². The maximum atomic E-state index is 10.3. The molecule has 1 fully saturated rings. The Labute approximate surface area is 116 Å². The van der Waals surface area contributed by atoms with E-state index in [1.54, 1.807) is 7.11 Å². The Hall–Kier alpha value is -1.06. The lowest BCUT2D eigenvalue weighted by atomic mass is 9.99. The molecular formula is C16H25NO2. The summed E-state index contributed by atoms with van der Waals surface area (Å²) in [5.41, 5.74) is 0.908. The molecule has 1 saturated carbocycles. The van der Waals surface area contributed by atoms with Gasteiger partial charge in [-0.15, -0.1) is 0 Å². The summed E-state index contributed by atoms with van der Waals surface area (Å²) in [6, 6.07) is 8.17. The van der Waals surface area contributed by atoms with E-state index >= 15 is 0 Å². The van der Waals surface area contributed by atoms with Crippen LogP contribution in [0.4, 0.5) is 0 Å². The van der Waals surface area contributed by atoms with Gasteiger partial charge in [0.05, 0.1) is 13.2 Å². The number of benzene rings is 1. The lowest BCUT2D eigenvalue weighted by Gasteiger charge is -2.24. The topological polar surface area (TPSA) is 41.5 Å². The first kappa shape index (κ1) is 14.4. The van der Waals surface area contributed by atoms with E-state index in [4.69, 9.17) is 4.74 Å². The molecule has 1 aromatic carbocycles. The first-order chi connectivity index (χ1) is 9.11. The van der Waals surface area contributed by atoms with Crippen molar-refractivity contribution in [2.45, 2.75) is 38.8 Å². The number of aliphatic hydroxyl groups excluding tert-OH is 1. The largest absolute Gasteiger partial charge is 0.497 e. The molecule has 0 aliphatic heterocycles. The number of hydrogen-bond acceptors (Lipinski definition) is 3. The zero-order valence-corrected chi connectivity index (χ0v) is 12.1. The molecule has 2 unspecified atom stereocenters. The van der Waals surface area contributed by atoms with E-state index in [2.05, 4.69) is 19.2 Å². The average molecular weight is 263 g/mol. The molecule has 3 nitrogen and oxygen atoms in total. The van der Waals surface area contributed by atoms with Gasteiger partial charge >= 0.3 is 0 Å². The van der Waals surface area contributed by atoms with Crippen molar-refractivity contribution >= 4 is 0 Å². The molecule has 1 aliphatic rings. The van der Waals surface area contributed by atoms with Crippen LogP contribution >= 0.6 is 0 Å². The Morgan fingerprint density at radius 1 is 1.37 bits per heavy atom. The zero-order chi connectivity index (χ0) is 13.8. The van der Waals surface area contributed by atoms with E-state index in [0.717, 1.165) is 17.2 Å². The third-order valence-electron chi connectivity index (χ3n) is 3.87. The predicted molar refractivity (Wildman–Crippen MR) is 77.3 cm³/mol. The first-order valence-corrected chi connectivity index (χ1v) is 7.17. The molecule has 0 amide bonds. The SMILES string of the molecule is COc1cccc(C(O)CNC(C(C)C)C2CC2)c1. The number of hydrogen-bond donors (Lipinski definition) is 2. The summed E-state index contributed by atoms with van der Waals surface area (Å²) in [5, 5.41) is 13.8. The van der Waals surface area contributed by atoms with Crippen LogP contribution in [0.2, 0.25) is 0 Å². The van der Waals surface area contributed by atoms with Crippen LogP contribution in [0.25, 0.3) is 0 Å². The molecule has 0 saturated heterocycles. The molecule has 2 N–H and O–H groups in total. The Bertz CT molecular complexity index is 399. The molecule has 106 valence electrons. The molecule has 0 spiro atoms. The maximum Gasteiger partial charge on any atom is 0.119 e. The summed E-state index contributed by atoms with van der Waals surface area (Å²) in [5.74, 6) is 2.21. The summed E-state index contributed by atoms with van der Waals surface area (Å²) in [6.07, 6.45) is 2.17. The summed E-state index contributed by atoms with van der Waals surface area (Å²) < 4.78 is 5.19. The van der Waals surface area contributed by atoms with Gasteiger partial charge in [-0.25, -0.2) is 0 Å². The minimum atomic E-state index is -0.477. The van der Waals surface area contributed by atoms with Crippen molar-refractivity contribution in [1.82, 2.24) is 5.32 Å². The molecule has 1 aromatic rings. The van der Waals surface area contributed by atoms with Gasteiger partial charge in [0.25, 0.3) is 0 Å². The van der Waals surface area contributed by atoms with Gasteiger partial charge in [-0.2, -0.15) is 0 Å². The van der Waals surface area contributed by atoms with Crippen LogP contribution in [0.3, 0.4) is 0 Å². The van der Waals surface area contributed by atoms with Crippen molar-refractivity contribution in [3.05, 3.63) is 29.8 Å². The van der Waals surface area contributed by atoms with Crippen LogP contribution in [0.5, 0.6) is 5.75 Å². The Morgan fingerprint density at radius 2 is 2.11 bits per heavy atom. The molecule has 0 bridgehead atoms. The highest BCUT2D eigenvalue weighted by atomic mass is 16.5. The summed E-state index contributed by atoms with van der Waals surface area (Å²) in [7, 11) is 1.64. The second-order valence-corrected chi connectivity index (χ2v) is 5.81. The highest BCUT2D eigenvalue weighted by Gasteiger charge is 2.33. The maximum absolute atomic E-state index is 10.3. The Balaban J connectivity index is 1.90. The van der Waals surface area contributed by atoms with Crippen LogP contribution in [0, 0.1) is 11.8 Å². The third-order valence-corrected chi connectivity index (χ3v) is 3.87. The van der Waals surface area contributed by atoms with E-state index < -0.39 is 6.10 Å². The number of ether oxygens (including phenoxy) is 1. The van der Waals surface area contributed by atoms with Crippen molar-refractivity contribution in [2.75, 3.05) is 13.7 Å². The van der Waals surface area contributed by atoms with Crippen molar-refractivity contribution in [1.29, 1.82) is 0 Å². The van der Waals surface area contributed by atoms with Crippen molar-refractivity contribution in [3.8, 4) is 5.75 Å². The second-order valence-electron chi connectivity index (χ2n) is 5.81. The Kier molecular flexibility index (Phi) is 4.83. The monoisotopic (exact) mass is 263 g/mol. The van der Waals surface area contributed by atoms with E-state index in [0.29, 0.717) is 18.5 Å². The van der Waals surface area contributed by atoms with Gasteiger partial charge in [0.1, 0.15) is 5.75 Å². The third kappa shape index (κ3) is 3.95. The first-order valence-electron chi connectivity index (χ1n) is 7.17. The fourth-order valence-corrected chi connectivity index (χ4v) is 2.62. The van der Waals surface area contributed by atoms with Crippen molar-refractivity contribution < 1.29 is 9.84 Å². The van der Waals surface area contributed by atoms with Gasteiger partial charge in [0, 0.05) is 12.6 Å². The molecule has 0 aromatic heterocycles. The predicted octanol–water partition coefficient (Wildman–Crippen LogP) is 2.75. The van der Waals surface area contributed by atoms with Crippen LogP contribution in [0.1, 0.15) is 38.4 Å². The number of aliphatic hydroxyl groups is 1. The lowest BCUT2D eigenvalue weighted by molar-refractivity contribution is 0.162. The molecular weight excluding hydrogens is 238 g/mol. The van der Waals surface area contributed by atoms with E-state index in [1.165, 1.54) is 12.8 Å². The molecule has 19 heavy (non-hydrogen) atoms. The van der Waals surface area contributed by atoms with Crippen molar-refractivity contribution in [3.63, 3.8) is 0 Å². The molecule has 0 heterocycles. The lowest BCUT2D eigenvalue weighted by Crippen LogP contribution is -2.38. The highest BCUT2D eigenvalue weighted by Crippen LogP contribution is 2.35. The molecule has 0 radical (unpaired) electrons. The average Bonchev–Trinajstić information content (AvgIpc) is 3.23. The highest BCUT2D eigenvalue weighted by molar-refractivity contribution is 5.29. The Morgan fingerprint density at radius 3 is 2.68 bits per heavy atom. The zero-order valence-electron chi connectivity index (χ0n) is 12.1. The van der Waals surface area contributed by atoms with Crippen LogP contribution < -0.4 is 10.1 Å². The minimum Gasteiger partial charge on any atom is -0.497 e. The standard InChI is InChI=1S/C16H25NO2/c1-11(2)16(12-7-8-12)17-10-15(18)13-5-4-6-14(9-13)19-3/h4-6,9,11-12,15-18H,7-8,10H2,1-3H3. The number of methoxy groups -OCH3 is 1. The van der Waals surface area contributed by atoms with Crippen molar-refractivity contribution in [2.24, 2.45) is 11.8 Å². The second kappa shape index (κ2) is 6.40. The van der Waals surface area contributed by atoms with E-state index in [1.807, 2.05) is 24.3 Å². The normalized spacial score (nSPS) is 18.4. The molecule has 1 aliphatic carbocycles. The molecule has 3 heteroatoms. The van der Waals surface area contributed by atoms with Gasteiger partial charge in [-0.3, -0.25) is 0 Å². The van der Waals surface area contributed by atoms with Gasteiger partial charge in [0.2, 0.25) is 0 Å². The molecule has 2 atom stereocenters. The number of nitrogens with one attached hydrogen (secondary N) is 1. The van der Waals surface area contributed by atoms with Crippen LogP contribution in [-0.4, -0.2) is 24.8 Å². The number of rotatable bonds is 7. The smallest absolute Gasteiger partial charge is 0.119 e. The fraction of sp³-hybridized carbons (Fsp3) is 0.625. The van der Waals surface area contributed by atoms with E-state index in [9.17, 15) is 5.11 Å². The fourth-order valence-electron chi connectivity index (χ4n) is 2.62. The quantitative estimate of drug-likeness (QED) is 0.795. The summed E-state index contributed by atoms with van der Waals surface area (Å²) in [4.78, 5) is 0. The summed E-state index contributed by atoms with van der Waals surface area (Å²) in [6.45, 7) is 5.09. The van der Waals surface area contributed by atoms with Gasteiger partial charge < -0.3 is 15.2 Å². The van der Waals surface area contributed by atoms with Gasteiger partial charge in [0.15, 0.2) is 0 Å². The minimum absolute atomic E-state index is 0.477. The van der Waals surface area contributed by atoms with Crippen LogP contribution in [-0.2, 0) is 0 Å². The van der Waals surface area contributed by atoms with Crippen LogP contribution in [0.15, 0.2) is 24.3 Å². The summed E-state index contributed by atoms with van der Waals surface area (Å²) >= 11 is 0. The van der Waals surface area contributed by atoms with E-state index in [-0.39, 0.29) is 0 Å². The molecule has 2 rings (SSSR count). The van der Waals surface area contributed by atoms with Gasteiger partial charge in [-0.05, 0) is 42.4 Å².